The molecule has 0 unspecified atom stereocenters. The largest absolute Gasteiger partial charge is 0.384 e. The maximum atomic E-state index is 13.3. The maximum absolute atomic E-state index is 13.3. The Morgan fingerprint density at radius 3 is 2.58 bits per heavy atom. The molecule has 0 spiro atoms. The molecule has 0 aliphatic heterocycles. The molecule has 2 heterocycles. The van der Waals surface area contributed by atoms with Crippen molar-refractivity contribution in [3.8, 4) is 11.1 Å². The number of nitrogens with zero attached hydrogens (tertiary/aromatic N) is 2. The second-order valence-corrected chi connectivity index (χ2v) is 7.21. The van der Waals surface area contributed by atoms with Gasteiger partial charge in [0.05, 0.1) is 25.1 Å². The van der Waals surface area contributed by atoms with E-state index in [1.54, 1.807) is 18.8 Å². The molecule has 0 saturated carbocycles. The summed E-state index contributed by atoms with van der Waals surface area (Å²) in [5, 5.41) is 2.72. The number of methoxy groups -OCH3 is 2. The molecule has 0 atom stereocenters. The Balaban J connectivity index is 2.18. The summed E-state index contributed by atoms with van der Waals surface area (Å²) >= 11 is 1.52. The van der Waals surface area contributed by atoms with Gasteiger partial charge in [0.25, 0.3) is 5.56 Å². The molecule has 138 valence electrons. The molecule has 0 amide bonds. The van der Waals surface area contributed by atoms with Crippen molar-refractivity contribution in [2.45, 2.75) is 26.8 Å². The molecule has 1 aromatic carbocycles. The number of benzene rings is 1. The smallest absolute Gasteiger partial charge is 0.262 e. The van der Waals surface area contributed by atoms with Crippen molar-refractivity contribution in [3.63, 3.8) is 0 Å². The van der Waals surface area contributed by atoms with Gasteiger partial charge in [-0.1, -0.05) is 18.2 Å². The summed E-state index contributed by atoms with van der Waals surface area (Å²) in [7, 11) is 3.29. The van der Waals surface area contributed by atoms with Crippen molar-refractivity contribution in [2.24, 2.45) is 0 Å². The zero-order chi connectivity index (χ0) is 18.7. The van der Waals surface area contributed by atoms with Crippen LogP contribution < -0.4 is 5.56 Å². The van der Waals surface area contributed by atoms with E-state index in [0.29, 0.717) is 31.6 Å². The Bertz CT molecular complexity index is 975. The quantitative estimate of drug-likeness (QED) is 0.636. The van der Waals surface area contributed by atoms with E-state index in [-0.39, 0.29) is 5.56 Å². The fraction of sp³-hybridized carbons (Fsp3) is 0.400. The highest BCUT2D eigenvalue weighted by Crippen LogP contribution is 2.32. The predicted molar refractivity (Wildman–Crippen MR) is 106 cm³/mol. The summed E-state index contributed by atoms with van der Waals surface area (Å²) in [6.45, 7) is 5.66. The van der Waals surface area contributed by atoms with Gasteiger partial charge in [-0.05, 0) is 30.5 Å². The molecule has 3 aromatic rings. The Hall–Kier alpha value is -2.02. The Kier molecular flexibility index (Phi) is 5.86. The summed E-state index contributed by atoms with van der Waals surface area (Å²) in [6, 6.07) is 6.30. The van der Waals surface area contributed by atoms with E-state index >= 15 is 0 Å². The minimum Gasteiger partial charge on any atom is -0.384 e. The van der Waals surface area contributed by atoms with Gasteiger partial charge in [0.15, 0.2) is 0 Å². The summed E-state index contributed by atoms with van der Waals surface area (Å²) < 4.78 is 12.1. The Morgan fingerprint density at radius 1 is 1.12 bits per heavy atom. The zero-order valence-corrected chi connectivity index (χ0v) is 16.5. The van der Waals surface area contributed by atoms with E-state index in [0.717, 1.165) is 21.8 Å². The maximum Gasteiger partial charge on any atom is 0.262 e. The van der Waals surface area contributed by atoms with Crippen LogP contribution in [-0.4, -0.2) is 37.0 Å². The lowest BCUT2D eigenvalue weighted by atomic mass is 10.0. The third kappa shape index (κ3) is 3.58. The van der Waals surface area contributed by atoms with Crippen LogP contribution in [0.15, 0.2) is 28.4 Å². The first-order valence-corrected chi connectivity index (χ1v) is 9.51. The van der Waals surface area contributed by atoms with Crippen molar-refractivity contribution in [2.75, 3.05) is 27.4 Å². The van der Waals surface area contributed by atoms with Crippen LogP contribution in [0.3, 0.4) is 0 Å². The molecule has 5 nitrogen and oxygen atoms in total. The molecule has 26 heavy (non-hydrogen) atoms. The standard InChI is InChI=1S/C20H24N2O3S/c1-13-5-6-15(11-14(13)2)16-12-26-19-18(16)20(23)22(8-10-25-4)17(21-19)7-9-24-3/h5-6,11-12H,7-10H2,1-4H3. The van der Waals surface area contributed by atoms with Crippen LogP contribution in [0.5, 0.6) is 0 Å². The van der Waals surface area contributed by atoms with Crippen molar-refractivity contribution >= 4 is 21.6 Å². The van der Waals surface area contributed by atoms with Crippen LogP contribution in [-0.2, 0) is 22.4 Å². The summed E-state index contributed by atoms with van der Waals surface area (Å²) in [6.07, 6.45) is 0.599. The lowest BCUT2D eigenvalue weighted by Gasteiger charge is -2.12. The molecular formula is C20H24N2O3S. The van der Waals surface area contributed by atoms with Crippen LogP contribution in [0.2, 0.25) is 0 Å². The average molecular weight is 372 g/mol. The van der Waals surface area contributed by atoms with Gasteiger partial charge in [0.1, 0.15) is 10.7 Å². The molecule has 0 radical (unpaired) electrons. The minimum atomic E-state index is -0.00682. The molecule has 3 rings (SSSR count). The summed E-state index contributed by atoms with van der Waals surface area (Å²) in [5.41, 5.74) is 4.46. The number of rotatable bonds is 7. The number of thiophene rings is 1. The van der Waals surface area contributed by atoms with Crippen LogP contribution in [0.4, 0.5) is 0 Å². The number of aromatic nitrogens is 2. The van der Waals surface area contributed by atoms with Crippen LogP contribution in [0, 0.1) is 13.8 Å². The number of aryl methyl sites for hydroxylation is 2. The highest BCUT2D eigenvalue weighted by Gasteiger charge is 2.17. The first-order chi connectivity index (χ1) is 12.6. The van der Waals surface area contributed by atoms with Crippen molar-refractivity contribution in [3.05, 3.63) is 50.9 Å². The van der Waals surface area contributed by atoms with Gasteiger partial charge in [-0.2, -0.15) is 0 Å². The highest BCUT2D eigenvalue weighted by atomic mass is 32.1. The molecule has 0 bridgehead atoms. The fourth-order valence-electron chi connectivity index (χ4n) is 2.99. The molecular weight excluding hydrogens is 348 g/mol. The van der Waals surface area contributed by atoms with Gasteiger partial charge >= 0.3 is 0 Å². The predicted octanol–water partition coefficient (Wildman–Crippen LogP) is 3.58. The fourth-order valence-corrected chi connectivity index (χ4v) is 3.94. The van der Waals surface area contributed by atoms with Gasteiger partial charge in [-0.15, -0.1) is 11.3 Å². The van der Waals surface area contributed by atoms with Crippen molar-refractivity contribution < 1.29 is 9.47 Å². The van der Waals surface area contributed by atoms with Gasteiger partial charge in [0, 0.05) is 31.6 Å². The second kappa shape index (κ2) is 8.12. The van der Waals surface area contributed by atoms with E-state index in [2.05, 4.69) is 32.0 Å². The van der Waals surface area contributed by atoms with E-state index in [1.165, 1.54) is 22.5 Å². The first kappa shape index (κ1) is 18.8. The number of hydrogen-bond acceptors (Lipinski definition) is 5. The minimum absolute atomic E-state index is 0.00682. The molecule has 2 aromatic heterocycles. The molecule has 0 fully saturated rings. The molecule has 0 aliphatic carbocycles. The van der Waals surface area contributed by atoms with Crippen molar-refractivity contribution in [1.82, 2.24) is 9.55 Å². The van der Waals surface area contributed by atoms with Gasteiger partial charge in [-0.25, -0.2) is 4.98 Å². The van der Waals surface area contributed by atoms with E-state index < -0.39 is 0 Å². The van der Waals surface area contributed by atoms with Gasteiger partial charge in [0.2, 0.25) is 0 Å². The monoisotopic (exact) mass is 372 g/mol. The zero-order valence-electron chi connectivity index (χ0n) is 15.7. The third-order valence-corrected chi connectivity index (χ3v) is 5.51. The van der Waals surface area contributed by atoms with E-state index in [4.69, 9.17) is 14.5 Å². The van der Waals surface area contributed by atoms with E-state index in [9.17, 15) is 4.79 Å². The third-order valence-electron chi connectivity index (χ3n) is 4.64. The second-order valence-electron chi connectivity index (χ2n) is 6.35. The number of ether oxygens (including phenoxy) is 2. The summed E-state index contributed by atoms with van der Waals surface area (Å²) in [5.74, 6) is 0.745. The lowest BCUT2D eigenvalue weighted by molar-refractivity contribution is 0.180. The van der Waals surface area contributed by atoms with Crippen LogP contribution in [0.1, 0.15) is 17.0 Å². The molecule has 0 aliphatic rings. The Labute approximate surface area is 157 Å². The van der Waals surface area contributed by atoms with E-state index in [1.807, 2.05) is 5.38 Å². The van der Waals surface area contributed by atoms with Crippen LogP contribution in [0.25, 0.3) is 21.3 Å². The lowest BCUT2D eigenvalue weighted by Crippen LogP contribution is -2.27. The highest BCUT2D eigenvalue weighted by molar-refractivity contribution is 7.17. The Morgan fingerprint density at radius 2 is 1.88 bits per heavy atom. The topological polar surface area (TPSA) is 53.3 Å². The molecule has 6 heteroatoms. The first-order valence-electron chi connectivity index (χ1n) is 8.63. The normalized spacial score (nSPS) is 11.4. The van der Waals surface area contributed by atoms with Crippen LogP contribution >= 0.6 is 11.3 Å². The van der Waals surface area contributed by atoms with Gasteiger partial charge in [-0.3, -0.25) is 9.36 Å². The number of fused-ring (bicyclic) bond motifs is 1. The molecule has 0 saturated heterocycles. The SMILES string of the molecule is COCCc1nc2scc(-c3ccc(C)c(C)c3)c2c(=O)n1CCOC. The summed E-state index contributed by atoms with van der Waals surface area (Å²) in [4.78, 5) is 18.8. The number of hydrogen-bond donors (Lipinski definition) is 0. The average Bonchev–Trinajstić information content (AvgIpc) is 3.06. The van der Waals surface area contributed by atoms with Gasteiger partial charge < -0.3 is 9.47 Å². The van der Waals surface area contributed by atoms with Crippen molar-refractivity contribution in [1.29, 1.82) is 0 Å². The molecule has 0 N–H and O–H groups in total.